The number of halogens is 4. The number of rotatable bonds is 8. The summed E-state index contributed by atoms with van der Waals surface area (Å²) < 4.78 is 42.0. The quantitative estimate of drug-likeness (QED) is 0.603. The van der Waals surface area contributed by atoms with Gasteiger partial charge in [-0.15, -0.1) is 0 Å². The standard InChI is InChI=1S/C22H26ClF3N4O2/c1-2-3-9-29(15-5-4-6-15)17(31)11-27-21(32)18-19(23)30-12-14(13-7-8-13)10-16(20(30)28-18)22(24,25)26/h10,12-13,15H,2-9,11H2,1H3,(H,27,32). The Bertz CT molecular complexity index is 1030. The van der Waals surface area contributed by atoms with E-state index in [4.69, 9.17) is 11.6 Å². The molecular weight excluding hydrogens is 445 g/mol. The SMILES string of the molecule is CCCCN(C(=O)CNC(=O)c1nc2c(C(F)(F)F)cc(C3CC3)cn2c1Cl)C1CCC1. The third-order valence-corrected chi connectivity index (χ3v) is 6.60. The minimum Gasteiger partial charge on any atom is -0.342 e. The largest absolute Gasteiger partial charge is 0.419 e. The summed E-state index contributed by atoms with van der Waals surface area (Å²) in [5, 5.41) is 2.30. The van der Waals surface area contributed by atoms with Crippen molar-refractivity contribution in [2.75, 3.05) is 13.1 Å². The first-order valence-electron chi connectivity index (χ1n) is 11.1. The highest BCUT2D eigenvalue weighted by Gasteiger charge is 2.38. The molecule has 4 rings (SSSR count). The highest BCUT2D eigenvalue weighted by Crippen LogP contribution is 2.43. The van der Waals surface area contributed by atoms with E-state index in [1.54, 1.807) is 4.90 Å². The lowest BCUT2D eigenvalue weighted by atomic mass is 9.91. The van der Waals surface area contributed by atoms with Crippen molar-refractivity contribution >= 4 is 29.1 Å². The fourth-order valence-electron chi connectivity index (χ4n) is 4.01. The van der Waals surface area contributed by atoms with E-state index in [0.717, 1.165) is 55.4 Å². The first kappa shape index (κ1) is 22.9. The second kappa shape index (κ2) is 8.92. The summed E-state index contributed by atoms with van der Waals surface area (Å²) in [6, 6.07) is 1.28. The number of imidazole rings is 1. The van der Waals surface area contributed by atoms with Crippen molar-refractivity contribution in [2.24, 2.45) is 0 Å². The first-order valence-corrected chi connectivity index (χ1v) is 11.4. The number of alkyl halides is 3. The minimum absolute atomic E-state index is 0.0643. The molecule has 32 heavy (non-hydrogen) atoms. The van der Waals surface area contributed by atoms with E-state index in [2.05, 4.69) is 10.3 Å². The third kappa shape index (κ3) is 4.58. The molecule has 1 N–H and O–H groups in total. The van der Waals surface area contributed by atoms with Crippen molar-refractivity contribution in [3.63, 3.8) is 0 Å². The maximum atomic E-state index is 13.6. The van der Waals surface area contributed by atoms with Gasteiger partial charge in [0.15, 0.2) is 11.3 Å². The summed E-state index contributed by atoms with van der Waals surface area (Å²) in [7, 11) is 0. The molecular formula is C22H26ClF3N4O2. The topological polar surface area (TPSA) is 66.7 Å². The van der Waals surface area contributed by atoms with Gasteiger partial charge < -0.3 is 10.2 Å². The summed E-state index contributed by atoms with van der Waals surface area (Å²) >= 11 is 6.28. The van der Waals surface area contributed by atoms with Crippen LogP contribution in [0, 0.1) is 0 Å². The second-order valence-corrected chi connectivity index (χ2v) is 8.97. The lowest BCUT2D eigenvalue weighted by Gasteiger charge is -2.37. The lowest BCUT2D eigenvalue weighted by molar-refractivity contribution is -0.136. The number of nitrogens with zero attached hydrogens (tertiary/aromatic N) is 3. The molecule has 2 aromatic rings. The average Bonchev–Trinajstić information content (AvgIpc) is 3.50. The smallest absolute Gasteiger partial charge is 0.342 e. The number of carbonyl (C=O) groups excluding carboxylic acids is 2. The summed E-state index contributed by atoms with van der Waals surface area (Å²) in [5.74, 6) is -0.907. The second-order valence-electron chi connectivity index (χ2n) is 8.61. The Balaban J connectivity index is 1.54. The number of carbonyl (C=O) groups is 2. The van der Waals surface area contributed by atoms with Gasteiger partial charge in [0.05, 0.1) is 12.1 Å². The molecule has 0 saturated heterocycles. The summed E-state index contributed by atoms with van der Waals surface area (Å²) in [6.07, 6.45) is 3.32. The van der Waals surface area contributed by atoms with Crippen LogP contribution in [0.3, 0.4) is 0 Å². The highest BCUT2D eigenvalue weighted by molar-refractivity contribution is 6.33. The zero-order chi connectivity index (χ0) is 23.0. The van der Waals surface area contributed by atoms with Gasteiger partial charge in [0.1, 0.15) is 5.15 Å². The minimum atomic E-state index is -4.63. The van der Waals surface area contributed by atoms with Crippen molar-refractivity contribution in [1.29, 1.82) is 0 Å². The van der Waals surface area contributed by atoms with Crippen LogP contribution in [0.5, 0.6) is 0 Å². The molecule has 0 aliphatic heterocycles. The normalized spacial score (nSPS) is 16.8. The summed E-state index contributed by atoms with van der Waals surface area (Å²) in [4.78, 5) is 31.1. The maximum absolute atomic E-state index is 13.6. The van der Waals surface area contributed by atoms with Crippen LogP contribution in [0.15, 0.2) is 12.3 Å². The van der Waals surface area contributed by atoms with Crippen molar-refractivity contribution < 1.29 is 22.8 Å². The van der Waals surface area contributed by atoms with E-state index in [0.29, 0.717) is 12.1 Å². The molecule has 2 heterocycles. The Morgan fingerprint density at radius 2 is 2.00 bits per heavy atom. The molecule has 10 heteroatoms. The van der Waals surface area contributed by atoms with Crippen molar-refractivity contribution in [1.82, 2.24) is 19.6 Å². The number of pyridine rings is 1. The van der Waals surface area contributed by atoms with Gasteiger partial charge >= 0.3 is 6.18 Å². The highest BCUT2D eigenvalue weighted by atomic mass is 35.5. The van der Waals surface area contributed by atoms with Crippen LogP contribution in [-0.2, 0) is 11.0 Å². The number of fused-ring (bicyclic) bond motifs is 1. The Morgan fingerprint density at radius 3 is 2.56 bits per heavy atom. The monoisotopic (exact) mass is 470 g/mol. The Morgan fingerprint density at radius 1 is 1.28 bits per heavy atom. The van der Waals surface area contributed by atoms with E-state index in [1.165, 1.54) is 6.20 Å². The molecule has 0 aromatic carbocycles. The summed E-state index contributed by atoms with van der Waals surface area (Å²) in [5.41, 5.74) is -1.13. The van der Waals surface area contributed by atoms with Gasteiger partial charge in [-0.3, -0.25) is 14.0 Å². The van der Waals surface area contributed by atoms with Gasteiger partial charge in [-0.1, -0.05) is 24.9 Å². The van der Waals surface area contributed by atoms with E-state index >= 15 is 0 Å². The predicted molar refractivity (Wildman–Crippen MR) is 114 cm³/mol. The molecule has 0 spiro atoms. The number of unbranched alkanes of at least 4 members (excludes halogenated alkanes) is 1. The number of hydrogen-bond donors (Lipinski definition) is 1. The molecule has 0 bridgehead atoms. The van der Waals surface area contributed by atoms with Crippen LogP contribution in [0.2, 0.25) is 5.15 Å². The molecule has 2 aliphatic rings. The third-order valence-electron chi connectivity index (χ3n) is 6.24. The van der Waals surface area contributed by atoms with Crippen LogP contribution in [0.25, 0.3) is 5.65 Å². The molecule has 2 aromatic heterocycles. The molecule has 6 nitrogen and oxygen atoms in total. The Hall–Kier alpha value is -2.29. The molecule has 2 fully saturated rings. The number of hydrogen-bond acceptors (Lipinski definition) is 3. The maximum Gasteiger partial charge on any atom is 0.419 e. The molecule has 0 atom stereocenters. The fraction of sp³-hybridized carbons (Fsp3) is 0.591. The molecule has 0 unspecified atom stereocenters. The molecule has 2 amide bonds. The molecule has 174 valence electrons. The molecule has 2 saturated carbocycles. The fourth-order valence-corrected chi connectivity index (χ4v) is 4.27. The molecule has 0 radical (unpaired) electrons. The average molecular weight is 471 g/mol. The number of aromatic nitrogens is 2. The Labute approximate surface area is 189 Å². The number of amides is 2. The number of nitrogens with one attached hydrogen (secondary N) is 1. The first-order chi connectivity index (χ1) is 15.2. The van der Waals surface area contributed by atoms with Crippen molar-refractivity contribution in [2.45, 2.75) is 70.0 Å². The van der Waals surface area contributed by atoms with Crippen LogP contribution in [-0.4, -0.2) is 45.2 Å². The van der Waals surface area contributed by atoms with Gasteiger partial charge in [0.25, 0.3) is 5.91 Å². The van der Waals surface area contributed by atoms with Crippen molar-refractivity contribution in [3.8, 4) is 0 Å². The van der Waals surface area contributed by atoms with Crippen LogP contribution in [0.4, 0.5) is 13.2 Å². The van der Waals surface area contributed by atoms with Gasteiger partial charge in [-0.25, -0.2) is 4.98 Å². The zero-order valence-electron chi connectivity index (χ0n) is 17.8. The Kier molecular flexibility index (Phi) is 6.38. The van der Waals surface area contributed by atoms with Crippen LogP contribution < -0.4 is 5.32 Å². The van der Waals surface area contributed by atoms with Gasteiger partial charge in [0, 0.05) is 18.8 Å². The van der Waals surface area contributed by atoms with Crippen LogP contribution >= 0.6 is 11.6 Å². The van der Waals surface area contributed by atoms with E-state index in [1.807, 2.05) is 6.92 Å². The summed E-state index contributed by atoms with van der Waals surface area (Å²) in [6.45, 7) is 2.42. The van der Waals surface area contributed by atoms with Crippen LogP contribution in [0.1, 0.15) is 79.4 Å². The van der Waals surface area contributed by atoms with Gasteiger partial charge in [0.2, 0.25) is 5.91 Å². The van der Waals surface area contributed by atoms with Gasteiger partial charge in [-0.2, -0.15) is 13.2 Å². The van der Waals surface area contributed by atoms with E-state index < -0.39 is 23.3 Å². The lowest BCUT2D eigenvalue weighted by Crippen LogP contribution is -2.48. The van der Waals surface area contributed by atoms with Gasteiger partial charge in [-0.05, 0) is 56.1 Å². The predicted octanol–water partition coefficient (Wildman–Crippen LogP) is 4.79. The molecule has 2 aliphatic carbocycles. The van der Waals surface area contributed by atoms with E-state index in [-0.39, 0.29) is 35.3 Å². The zero-order valence-corrected chi connectivity index (χ0v) is 18.6. The van der Waals surface area contributed by atoms with Crippen molar-refractivity contribution in [3.05, 3.63) is 34.2 Å². The van der Waals surface area contributed by atoms with E-state index in [9.17, 15) is 22.8 Å².